The minimum atomic E-state index is 0.287. The number of hydrogen-bond acceptors (Lipinski definition) is 3. The highest BCUT2D eigenvalue weighted by Crippen LogP contribution is 2.23. The van der Waals surface area contributed by atoms with Crippen molar-refractivity contribution < 1.29 is 0 Å². The first-order chi connectivity index (χ1) is 5.14. The van der Waals surface area contributed by atoms with Crippen LogP contribution in [0.25, 0.3) is 0 Å². The molecule has 0 fully saturated rings. The number of alkyl halides is 1. The van der Waals surface area contributed by atoms with Gasteiger partial charge in [-0.1, -0.05) is 34.3 Å². The van der Waals surface area contributed by atoms with Gasteiger partial charge in [0, 0.05) is 10.7 Å². The molecule has 1 aromatic rings. The third-order valence-corrected chi connectivity index (χ3v) is 3.50. The summed E-state index contributed by atoms with van der Waals surface area (Å²) >= 11 is 4.89. The third-order valence-electron chi connectivity index (χ3n) is 1.43. The molecule has 0 aromatic carbocycles. The molecule has 11 heavy (non-hydrogen) atoms. The van der Waals surface area contributed by atoms with E-state index >= 15 is 0 Å². The standard InChI is InChI=1S/C7H11BrN2S/c1-7(2,5-8)3-6-4-11-10-9-6/h4H,3,5H2,1-2H3. The molecule has 0 N–H and O–H groups in total. The van der Waals surface area contributed by atoms with E-state index in [1.54, 1.807) is 0 Å². The molecule has 4 heteroatoms. The second-order valence-electron chi connectivity index (χ2n) is 3.37. The summed E-state index contributed by atoms with van der Waals surface area (Å²) < 4.78 is 3.82. The molecular formula is C7H11BrN2S. The zero-order valence-corrected chi connectivity index (χ0v) is 9.07. The molecule has 0 spiro atoms. The zero-order valence-electron chi connectivity index (χ0n) is 6.67. The fourth-order valence-electron chi connectivity index (χ4n) is 0.799. The van der Waals surface area contributed by atoms with E-state index in [-0.39, 0.29) is 5.41 Å². The SMILES string of the molecule is CC(C)(CBr)Cc1csnn1. The van der Waals surface area contributed by atoms with Crippen molar-refractivity contribution in [2.75, 3.05) is 5.33 Å². The molecule has 0 unspecified atom stereocenters. The van der Waals surface area contributed by atoms with E-state index in [4.69, 9.17) is 0 Å². The number of rotatable bonds is 3. The van der Waals surface area contributed by atoms with Crippen LogP contribution in [0.2, 0.25) is 0 Å². The van der Waals surface area contributed by atoms with Gasteiger partial charge in [0.1, 0.15) is 0 Å². The van der Waals surface area contributed by atoms with Gasteiger partial charge in [0.05, 0.1) is 5.69 Å². The molecule has 0 radical (unpaired) electrons. The van der Waals surface area contributed by atoms with Crippen LogP contribution in [0.4, 0.5) is 0 Å². The first kappa shape index (κ1) is 9.13. The molecule has 0 bridgehead atoms. The molecule has 0 saturated heterocycles. The lowest BCUT2D eigenvalue weighted by molar-refractivity contribution is 0.419. The van der Waals surface area contributed by atoms with Gasteiger partial charge in [-0.05, 0) is 23.4 Å². The highest BCUT2D eigenvalue weighted by atomic mass is 79.9. The third kappa shape index (κ3) is 2.87. The smallest absolute Gasteiger partial charge is 0.0761 e. The van der Waals surface area contributed by atoms with Crippen molar-refractivity contribution in [1.82, 2.24) is 9.59 Å². The van der Waals surface area contributed by atoms with Crippen molar-refractivity contribution in [2.24, 2.45) is 5.41 Å². The Kier molecular flexibility index (Phi) is 3.01. The summed E-state index contributed by atoms with van der Waals surface area (Å²) in [4.78, 5) is 0. The zero-order chi connectivity index (χ0) is 8.32. The normalized spacial score (nSPS) is 11.9. The van der Waals surface area contributed by atoms with Crippen molar-refractivity contribution in [3.05, 3.63) is 11.1 Å². The summed E-state index contributed by atoms with van der Waals surface area (Å²) in [5.74, 6) is 0. The van der Waals surface area contributed by atoms with Crippen LogP contribution in [0.1, 0.15) is 19.5 Å². The van der Waals surface area contributed by atoms with Crippen molar-refractivity contribution in [3.8, 4) is 0 Å². The first-order valence-electron chi connectivity index (χ1n) is 3.46. The molecule has 1 aromatic heterocycles. The number of nitrogens with zero attached hydrogens (tertiary/aromatic N) is 2. The lowest BCUT2D eigenvalue weighted by Crippen LogP contribution is -2.16. The number of aromatic nitrogens is 2. The molecule has 0 saturated carbocycles. The molecule has 0 aliphatic rings. The van der Waals surface area contributed by atoms with E-state index < -0.39 is 0 Å². The Morgan fingerprint density at radius 2 is 2.36 bits per heavy atom. The van der Waals surface area contributed by atoms with Gasteiger partial charge < -0.3 is 0 Å². The molecule has 0 aliphatic carbocycles. The quantitative estimate of drug-likeness (QED) is 0.752. The van der Waals surface area contributed by atoms with Gasteiger partial charge >= 0.3 is 0 Å². The van der Waals surface area contributed by atoms with Gasteiger partial charge in [0.15, 0.2) is 0 Å². The molecule has 62 valence electrons. The average molecular weight is 235 g/mol. The maximum atomic E-state index is 4.00. The van der Waals surface area contributed by atoms with Gasteiger partial charge in [-0.3, -0.25) is 0 Å². The molecular weight excluding hydrogens is 224 g/mol. The van der Waals surface area contributed by atoms with E-state index in [0.717, 1.165) is 17.4 Å². The van der Waals surface area contributed by atoms with E-state index in [1.807, 2.05) is 5.38 Å². The van der Waals surface area contributed by atoms with Crippen LogP contribution in [0.5, 0.6) is 0 Å². The van der Waals surface area contributed by atoms with Crippen LogP contribution >= 0.6 is 27.5 Å². The van der Waals surface area contributed by atoms with Crippen molar-refractivity contribution in [1.29, 1.82) is 0 Å². The summed E-state index contributed by atoms with van der Waals surface area (Å²) in [7, 11) is 0. The van der Waals surface area contributed by atoms with Gasteiger partial charge in [0.2, 0.25) is 0 Å². The maximum Gasteiger partial charge on any atom is 0.0761 e. The average Bonchev–Trinajstić information content (AvgIpc) is 2.39. The van der Waals surface area contributed by atoms with Gasteiger partial charge in [-0.2, -0.15) is 0 Å². The molecule has 0 amide bonds. The predicted octanol–water partition coefficient (Wildman–Crippen LogP) is 2.50. The summed E-state index contributed by atoms with van der Waals surface area (Å²) in [5, 5.41) is 7.00. The van der Waals surface area contributed by atoms with Crippen molar-refractivity contribution >= 4 is 27.5 Å². The second-order valence-corrected chi connectivity index (χ2v) is 4.54. The monoisotopic (exact) mass is 234 g/mol. The first-order valence-corrected chi connectivity index (χ1v) is 5.42. The van der Waals surface area contributed by atoms with Crippen molar-refractivity contribution in [2.45, 2.75) is 20.3 Å². The Bertz CT molecular complexity index is 208. The fraction of sp³-hybridized carbons (Fsp3) is 0.714. The maximum absolute atomic E-state index is 4.00. The lowest BCUT2D eigenvalue weighted by atomic mass is 9.91. The minimum absolute atomic E-state index is 0.287. The van der Waals surface area contributed by atoms with Crippen LogP contribution < -0.4 is 0 Å². The predicted molar refractivity (Wildman–Crippen MR) is 51.2 cm³/mol. The summed E-state index contributed by atoms with van der Waals surface area (Å²) in [6, 6.07) is 0. The Labute approximate surface area is 79.3 Å². The van der Waals surface area contributed by atoms with E-state index in [1.165, 1.54) is 11.5 Å². The Hall–Kier alpha value is 0.0400. The number of hydrogen-bond donors (Lipinski definition) is 0. The van der Waals surface area contributed by atoms with Crippen LogP contribution in [0.15, 0.2) is 5.38 Å². The summed E-state index contributed by atoms with van der Waals surface area (Å²) in [5.41, 5.74) is 1.38. The van der Waals surface area contributed by atoms with Gasteiger partial charge in [-0.25, -0.2) is 0 Å². The van der Waals surface area contributed by atoms with Gasteiger partial charge in [0.25, 0.3) is 0 Å². The van der Waals surface area contributed by atoms with E-state index in [0.29, 0.717) is 0 Å². The molecule has 1 heterocycles. The summed E-state index contributed by atoms with van der Waals surface area (Å²) in [6.45, 7) is 4.42. The van der Waals surface area contributed by atoms with Gasteiger partial charge in [-0.15, -0.1) is 5.10 Å². The van der Waals surface area contributed by atoms with Crippen LogP contribution in [-0.2, 0) is 6.42 Å². The molecule has 0 aliphatic heterocycles. The topological polar surface area (TPSA) is 25.8 Å². The molecule has 2 nitrogen and oxygen atoms in total. The molecule has 1 rings (SSSR count). The van der Waals surface area contributed by atoms with Crippen LogP contribution in [0, 0.1) is 5.41 Å². The number of halogens is 1. The Morgan fingerprint density at radius 3 is 2.82 bits per heavy atom. The minimum Gasteiger partial charge on any atom is -0.143 e. The van der Waals surface area contributed by atoms with Crippen LogP contribution in [-0.4, -0.2) is 14.9 Å². The highest BCUT2D eigenvalue weighted by Gasteiger charge is 2.17. The highest BCUT2D eigenvalue weighted by molar-refractivity contribution is 9.09. The van der Waals surface area contributed by atoms with Crippen LogP contribution in [0.3, 0.4) is 0 Å². The largest absolute Gasteiger partial charge is 0.143 e. The summed E-state index contributed by atoms with van der Waals surface area (Å²) in [6.07, 6.45) is 0.995. The Balaban J connectivity index is 2.56. The second kappa shape index (κ2) is 3.63. The Morgan fingerprint density at radius 1 is 1.64 bits per heavy atom. The van der Waals surface area contributed by atoms with Crippen molar-refractivity contribution in [3.63, 3.8) is 0 Å². The molecule has 0 atom stereocenters. The lowest BCUT2D eigenvalue weighted by Gasteiger charge is -2.19. The van der Waals surface area contributed by atoms with E-state index in [2.05, 4.69) is 39.4 Å². The fourth-order valence-corrected chi connectivity index (χ4v) is 1.45. The van der Waals surface area contributed by atoms with E-state index in [9.17, 15) is 0 Å².